The van der Waals surface area contributed by atoms with Gasteiger partial charge in [-0.05, 0) is 48.0 Å². The van der Waals surface area contributed by atoms with Gasteiger partial charge in [0.05, 0.1) is 24.9 Å². The zero-order chi connectivity index (χ0) is 20.4. The van der Waals surface area contributed by atoms with Gasteiger partial charge in [-0.3, -0.25) is 9.59 Å². The molecule has 1 atom stereocenters. The third kappa shape index (κ3) is 3.75. The van der Waals surface area contributed by atoms with E-state index in [2.05, 4.69) is 0 Å². The maximum atomic E-state index is 13.2. The molecule has 4 rings (SSSR count). The molecule has 0 saturated carbocycles. The SMILES string of the molecule is O=C(/C=C/c1ccco1)CC1(O)C(=O)N(Cc2ccc(Cl)cc2)c2ccccc21. The van der Waals surface area contributed by atoms with Crippen LogP contribution in [0.5, 0.6) is 0 Å². The topological polar surface area (TPSA) is 70.7 Å². The molecule has 1 aromatic heterocycles. The molecule has 0 fully saturated rings. The van der Waals surface area contributed by atoms with Crippen LogP contribution >= 0.6 is 11.6 Å². The van der Waals surface area contributed by atoms with E-state index in [4.69, 9.17) is 16.0 Å². The number of carbonyl (C=O) groups excluding carboxylic acids is 2. The predicted molar refractivity (Wildman–Crippen MR) is 110 cm³/mol. The number of halogens is 1. The van der Waals surface area contributed by atoms with Gasteiger partial charge in [0.1, 0.15) is 5.76 Å². The van der Waals surface area contributed by atoms with Crippen LogP contribution in [0.25, 0.3) is 6.08 Å². The van der Waals surface area contributed by atoms with Crippen molar-refractivity contribution in [1.82, 2.24) is 0 Å². The number of amides is 1. The van der Waals surface area contributed by atoms with Crippen molar-refractivity contribution < 1.29 is 19.1 Å². The van der Waals surface area contributed by atoms with Gasteiger partial charge in [-0.25, -0.2) is 0 Å². The summed E-state index contributed by atoms with van der Waals surface area (Å²) in [5.74, 6) is -0.373. The molecule has 1 aliphatic heterocycles. The van der Waals surface area contributed by atoms with Crippen LogP contribution in [0.1, 0.15) is 23.3 Å². The molecule has 3 aromatic rings. The molecule has 29 heavy (non-hydrogen) atoms. The van der Waals surface area contributed by atoms with Gasteiger partial charge in [-0.2, -0.15) is 0 Å². The van der Waals surface area contributed by atoms with Gasteiger partial charge in [0, 0.05) is 10.6 Å². The Bertz CT molecular complexity index is 1070. The number of para-hydroxylation sites is 1. The lowest BCUT2D eigenvalue weighted by Crippen LogP contribution is -2.41. The molecule has 0 radical (unpaired) electrons. The predicted octanol–water partition coefficient (Wildman–Crippen LogP) is 4.34. The van der Waals surface area contributed by atoms with E-state index in [0.717, 1.165) is 5.56 Å². The van der Waals surface area contributed by atoms with Gasteiger partial charge in [0.2, 0.25) is 0 Å². The first-order chi connectivity index (χ1) is 14.0. The largest absolute Gasteiger partial charge is 0.465 e. The molecular formula is C23H18ClNO4. The second-order valence-electron chi connectivity index (χ2n) is 6.89. The van der Waals surface area contributed by atoms with Gasteiger partial charge < -0.3 is 14.4 Å². The molecule has 146 valence electrons. The number of fused-ring (bicyclic) bond motifs is 1. The second-order valence-corrected chi connectivity index (χ2v) is 7.32. The quantitative estimate of drug-likeness (QED) is 0.617. The Morgan fingerprint density at radius 3 is 2.59 bits per heavy atom. The number of anilines is 1. The molecular weight excluding hydrogens is 390 g/mol. The molecule has 5 nitrogen and oxygen atoms in total. The highest BCUT2D eigenvalue weighted by Gasteiger charge is 2.50. The Balaban J connectivity index is 1.60. The van der Waals surface area contributed by atoms with E-state index >= 15 is 0 Å². The van der Waals surface area contributed by atoms with E-state index in [1.807, 2.05) is 12.1 Å². The van der Waals surface area contributed by atoms with Crippen LogP contribution in [-0.2, 0) is 21.7 Å². The molecule has 1 N–H and O–H groups in total. The summed E-state index contributed by atoms with van der Waals surface area (Å²) in [6.07, 6.45) is 3.98. The van der Waals surface area contributed by atoms with Crippen molar-refractivity contribution in [1.29, 1.82) is 0 Å². The number of nitrogens with zero attached hydrogens (tertiary/aromatic N) is 1. The van der Waals surface area contributed by atoms with E-state index in [1.54, 1.807) is 48.5 Å². The minimum atomic E-state index is -1.91. The Morgan fingerprint density at radius 1 is 1.10 bits per heavy atom. The summed E-state index contributed by atoms with van der Waals surface area (Å²) in [6.45, 7) is 0.270. The Labute approximate surface area is 172 Å². The highest BCUT2D eigenvalue weighted by atomic mass is 35.5. The number of allylic oxidation sites excluding steroid dienone is 1. The van der Waals surface area contributed by atoms with E-state index in [1.165, 1.54) is 23.3 Å². The van der Waals surface area contributed by atoms with Crippen LogP contribution in [0.2, 0.25) is 5.02 Å². The number of hydrogen-bond acceptors (Lipinski definition) is 4. The summed E-state index contributed by atoms with van der Waals surface area (Å²) in [6, 6.07) is 17.6. The van der Waals surface area contributed by atoms with Crippen LogP contribution in [0.15, 0.2) is 77.4 Å². The normalized spacial score (nSPS) is 18.4. The zero-order valence-electron chi connectivity index (χ0n) is 15.4. The number of ketones is 1. The Kier molecular flexibility index (Phi) is 5.09. The first-order valence-corrected chi connectivity index (χ1v) is 9.48. The summed E-state index contributed by atoms with van der Waals surface area (Å²) >= 11 is 5.94. The molecule has 0 aliphatic carbocycles. The number of aliphatic hydroxyl groups is 1. The van der Waals surface area contributed by atoms with Crippen LogP contribution in [0.3, 0.4) is 0 Å². The summed E-state index contributed by atoms with van der Waals surface area (Å²) in [4.78, 5) is 27.2. The van der Waals surface area contributed by atoms with Crippen LogP contribution in [0, 0.1) is 0 Å². The molecule has 2 aromatic carbocycles. The number of carbonyl (C=O) groups is 2. The van der Waals surface area contributed by atoms with Crippen LogP contribution < -0.4 is 4.90 Å². The number of rotatable bonds is 6. The van der Waals surface area contributed by atoms with Gasteiger partial charge in [0.25, 0.3) is 5.91 Å². The van der Waals surface area contributed by atoms with E-state index in [9.17, 15) is 14.7 Å². The summed E-state index contributed by atoms with van der Waals surface area (Å²) < 4.78 is 5.16. The minimum absolute atomic E-state index is 0.270. The fourth-order valence-electron chi connectivity index (χ4n) is 3.48. The number of furan rings is 1. The first kappa shape index (κ1) is 19.2. The standard InChI is InChI=1S/C23H18ClNO4/c24-17-9-7-16(8-10-17)15-25-21-6-2-1-5-20(21)23(28,22(25)27)14-18(26)11-12-19-4-3-13-29-19/h1-13,28H,14-15H2/b12-11+. The molecule has 1 amide bonds. The maximum Gasteiger partial charge on any atom is 0.264 e. The van der Waals surface area contributed by atoms with Crippen molar-refractivity contribution in [2.24, 2.45) is 0 Å². The average Bonchev–Trinajstić information content (AvgIpc) is 3.31. The summed E-state index contributed by atoms with van der Waals surface area (Å²) in [5.41, 5.74) is -0.0181. The lowest BCUT2D eigenvalue weighted by Gasteiger charge is -2.22. The van der Waals surface area contributed by atoms with Crippen molar-refractivity contribution in [3.05, 3.63) is 94.9 Å². The van der Waals surface area contributed by atoms with E-state index < -0.39 is 11.5 Å². The third-order valence-electron chi connectivity index (χ3n) is 4.90. The fraction of sp³-hybridized carbons (Fsp3) is 0.130. The minimum Gasteiger partial charge on any atom is -0.465 e. The highest BCUT2D eigenvalue weighted by molar-refractivity contribution is 6.30. The molecule has 2 heterocycles. The summed E-state index contributed by atoms with van der Waals surface area (Å²) in [7, 11) is 0. The van der Waals surface area contributed by atoms with Crippen LogP contribution in [-0.4, -0.2) is 16.8 Å². The van der Waals surface area contributed by atoms with Crippen molar-refractivity contribution in [3.63, 3.8) is 0 Å². The summed E-state index contributed by atoms with van der Waals surface area (Å²) in [5, 5.41) is 11.8. The molecule has 0 spiro atoms. The molecule has 1 unspecified atom stereocenters. The molecule has 1 aliphatic rings. The molecule has 0 saturated heterocycles. The third-order valence-corrected chi connectivity index (χ3v) is 5.15. The first-order valence-electron chi connectivity index (χ1n) is 9.10. The average molecular weight is 408 g/mol. The molecule has 6 heteroatoms. The van der Waals surface area contributed by atoms with Gasteiger partial charge in [-0.15, -0.1) is 0 Å². The Hall–Kier alpha value is -3.15. The number of benzene rings is 2. The van der Waals surface area contributed by atoms with E-state index in [-0.39, 0.29) is 18.7 Å². The van der Waals surface area contributed by atoms with Gasteiger partial charge >= 0.3 is 0 Å². The van der Waals surface area contributed by atoms with Gasteiger partial charge in [0.15, 0.2) is 11.4 Å². The van der Waals surface area contributed by atoms with Crippen molar-refractivity contribution in [2.45, 2.75) is 18.6 Å². The lowest BCUT2D eigenvalue weighted by molar-refractivity contribution is -0.140. The van der Waals surface area contributed by atoms with Crippen molar-refractivity contribution in [3.8, 4) is 0 Å². The zero-order valence-corrected chi connectivity index (χ0v) is 16.2. The second kappa shape index (κ2) is 7.70. The van der Waals surface area contributed by atoms with Gasteiger partial charge in [-0.1, -0.05) is 41.9 Å². The fourth-order valence-corrected chi connectivity index (χ4v) is 3.61. The monoisotopic (exact) mass is 407 g/mol. The highest BCUT2D eigenvalue weighted by Crippen LogP contribution is 2.43. The van der Waals surface area contributed by atoms with E-state index in [0.29, 0.717) is 22.0 Å². The maximum absolute atomic E-state index is 13.2. The van der Waals surface area contributed by atoms with Crippen LogP contribution in [0.4, 0.5) is 5.69 Å². The smallest absolute Gasteiger partial charge is 0.264 e. The van der Waals surface area contributed by atoms with Crippen molar-refractivity contribution in [2.75, 3.05) is 4.90 Å². The van der Waals surface area contributed by atoms with Crippen molar-refractivity contribution >= 4 is 35.1 Å². The lowest BCUT2D eigenvalue weighted by atomic mass is 9.90. The molecule has 0 bridgehead atoms. The Morgan fingerprint density at radius 2 is 1.86 bits per heavy atom. The number of hydrogen-bond donors (Lipinski definition) is 1.